The van der Waals surface area contributed by atoms with Crippen LogP contribution in [0.5, 0.6) is 5.75 Å². The van der Waals surface area contributed by atoms with Crippen LogP contribution in [-0.2, 0) is 25.4 Å². The van der Waals surface area contributed by atoms with Crippen LogP contribution in [0.2, 0.25) is 0 Å². The third-order valence-electron chi connectivity index (χ3n) is 8.23. The van der Waals surface area contributed by atoms with E-state index in [4.69, 9.17) is 18.9 Å². The number of hydrogen-bond donors (Lipinski definition) is 0. The normalized spacial score (nSPS) is 19.4. The number of carbonyl (C=O) groups excluding carboxylic acids is 2. The number of rotatable bonds is 14. The molecule has 4 rings (SSSR count). The van der Waals surface area contributed by atoms with Crippen molar-refractivity contribution < 1.29 is 28.5 Å². The molecule has 2 aromatic carbocycles. The molecule has 0 amide bonds. The summed E-state index contributed by atoms with van der Waals surface area (Å²) in [4.78, 5) is 22.7. The minimum absolute atomic E-state index is 0.0297. The SMILES string of the molecule is C=C(OCCc1cc(-c2ccc(C3CCC(CCCCC)CC3)cc2)ccc1OCC1COC(=O)OC1)C(C)=O. The van der Waals surface area contributed by atoms with Crippen LogP contribution < -0.4 is 4.74 Å². The summed E-state index contributed by atoms with van der Waals surface area (Å²) in [6, 6.07) is 15.2. The van der Waals surface area contributed by atoms with Gasteiger partial charge in [0.25, 0.3) is 0 Å². The quantitative estimate of drug-likeness (QED) is 0.103. The van der Waals surface area contributed by atoms with E-state index in [2.05, 4.69) is 49.9 Å². The zero-order chi connectivity index (χ0) is 28.3. The molecular formula is C34H44O6. The number of Topliss-reactive ketones (excluding diaryl/α,β-unsaturated/α-hetero) is 1. The second-order valence-corrected chi connectivity index (χ2v) is 11.3. The van der Waals surface area contributed by atoms with Gasteiger partial charge in [-0.2, -0.15) is 0 Å². The average Bonchev–Trinajstić information content (AvgIpc) is 2.98. The van der Waals surface area contributed by atoms with Gasteiger partial charge in [-0.15, -0.1) is 0 Å². The van der Waals surface area contributed by atoms with Crippen LogP contribution in [0.3, 0.4) is 0 Å². The van der Waals surface area contributed by atoms with Crippen molar-refractivity contribution >= 4 is 11.9 Å². The van der Waals surface area contributed by atoms with E-state index in [1.54, 1.807) is 0 Å². The Labute approximate surface area is 239 Å². The van der Waals surface area contributed by atoms with E-state index in [9.17, 15) is 9.59 Å². The molecule has 2 aromatic rings. The van der Waals surface area contributed by atoms with Crippen molar-refractivity contribution in [3.8, 4) is 16.9 Å². The number of hydrogen-bond acceptors (Lipinski definition) is 6. The zero-order valence-electron chi connectivity index (χ0n) is 24.1. The number of allylic oxidation sites excluding steroid dienone is 1. The summed E-state index contributed by atoms with van der Waals surface area (Å²) in [5.74, 6) is 2.27. The first kappa shape index (κ1) is 29.7. The minimum atomic E-state index is -0.634. The fraction of sp³-hybridized carbons (Fsp3) is 0.529. The molecule has 40 heavy (non-hydrogen) atoms. The van der Waals surface area contributed by atoms with Gasteiger partial charge in [0.1, 0.15) is 19.0 Å². The second kappa shape index (κ2) is 14.9. The lowest BCUT2D eigenvalue weighted by Crippen LogP contribution is -2.31. The molecule has 1 saturated carbocycles. The number of unbranched alkanes of at least 4 members (excludes halogenated alkanes) is 2. The standard InChI is InChI=1S/C34H44O6/c1-4-5-6-7-26-8-10-28(11-9-26)29-12-14-30(15-13-29)31-16-17-33(38-21-27-22-39-34(36)40-23-27)32(20-31)18-19-37-25(3)24(2)35/h12-17,20,26-28H,3-11,18-19,21-23H2,1-2H3. The van der Waals surface area contributed by atoms with Crippen LogP contribution in [0.25, 0.3) is 11.1 Å². The molecule has 1 saturated heterocycles. The molecule has 0 aromatic heterocycles. The Morgan fingerprint density at radius 2 is 1.65 bits per heavy atom. The van der Waals surface area contributed by atoms with Gasteiger partial charge in [0.2, 0.25) is 0 Å². The molecule has 0 N–H and O–H groups in total. The van der Waals surface area contributed by atoms with Crippen LogP contribution in [0.1, 0.15) is 82.3 Å². The molecule has 2 aliphatic rings. The number of benzene rings is 2. The summed E-state index contributed by atoms with van der Waals surface area (Å²) in [5, 5.41) is 0. The maximum Gasteiger partial charge on any atom is 0.508 e. The molecule has 2 fully saturated rings. The fourth-order valence-corrected chi connectivity index (χ4v) is 5.66. The summed E-state index contributed by atoms with van der Waals surface area (Å²) in [5.41, 5.74) is 4.69. The lowest BCUT2D eigenvalue weighted by Gasteiger charge is -2.29. The molecule has 1 aliphatic heterocycles. The van der Waals surface area contributed by atoms with E-state index in [1.165, 1.54) is 63.9 Å². The Bertz CT molecular complexity index is 1120. The number of cyclic esters (lactones) is 2. The van der Waals surface area contributed by atoms with Gasteiger partial charge in [-0.1, -0.05) is 69.5 Å². The fourth-order valence-electron chi connectivity index (χ4n) is 5.66. The molecule has 6 heteroatoms. The molecule has 216 valence electrons. The summed E-state index contributed by atoms with van der Waals surface area (Å²) < 4.78 is 21.6. The summed E-state index contributed by atoms with van der Waals surface area (Å²) >= 11 is 0. The van der Waals surface area contributed by atoms with Gasteiger partial charge in [-0.3, -0.25) is 4.79 Å². The summed E-state index contributed by atoms with van der Waals surface area (Å²) in [6.07, 6.45) is 10.7. The van der Waals surface area contributed by atoms with E-state index in [1.807, 2.05) is 6.07 Å². The van der Waals surface area contributed by atoms with Crippen molar-refractivity contribution in [1.82, 2.24) is 0 Å². The van der Waals surface area contributed by atoms with Gasteiger partial charge in [-0.25, -0.2) is 4.79 Å². The predicted molar refractivity (Wildman–Crippen MR) is 156 cm³/mol. The van der Waals surface area contributed by atoms with Gasteiger partial charge < -0.3 is 18.9 Å². The number of ether oxygens (including phenoxy) is 4. The van der Waals surface area contributed by atoms with Gasteiger partial charge in [-0.05, 0) is 71.9 Å². The van der Waals surface area contributed by atoms with Crippen LogP contribution in [-0.4, -0.2) is 38.4 Å². The molecule has 0 radical (unpaired) electrons. The molecule has 6 nitrogen and oxygen atoms in total. The molecule has 1 heterocycles. The van der Waals surface area contributed by atoms with Crippen molar-refractivity contribution in [3.05, 3.63) is 65.9 Å². The second-order valence-electron chi connectivity index (χ2n) is 11.3. The van der Waals surface area contributed by atoms with Crippen molar-refractivity contribution in [3.63, 3.8) is 0 Å². The topological polar surface area (TPSA) is 71.1 Å². The molecule has 0 unspecified atom stereocenters. The van der Waals surface area contributed by atoms with E-state index in [0.29, 0.717) is 25.6 Å². The molecular weight excluding hydrogens is 504 g/mol. The summed E-state index contributed by atoms with van der Waals surface area (Å²) in [6.45, 7) is 8.66. The molecule has 1 aliphatic carbocycles. The van der Waals surface area contributed by atoms with E-state index in [-0.39, 0.29) is 30.7 Å². The third-order valence-corrected chi connectivity index (χ3v) is 8.23. The zero-order valence-corrected chi connectivity index (χ0v) is 24.1. The smallest absolute Gasteiger partial charge is 0.493 e. The molecule has 0 atom stereocenters. The van der Waals surface area contributed by atoms with Crippen molar-refractivity contribution in [2.24, 2.45) is 11.8 Å². The highest BCUT2D eigenvalue weighted by Gasteiger charge is 2.23. The highest BCUT2D eigenvalue weighted by atomic mass is 16.7. The molecule has 0 spiro atoms. The Kier molecular flexibility index (Phi) is 11.1. The maximum atomic E-state index is 11.5. The Balaban J connectivity index is 1.40. The van der Waals surface area contributed by atoms with Gasteiger partial charge >= 0.3 is 6.16 Å². The van der Waals surface area contributed by atoms with Crippen molar-refractivity contribution in [1.29, 1.82) is 0 Å². The average molecular weight is 549 g/mol. The molecule has 0 bridgehead atoms. The van der Waals surface area contributed by atoms with Gasteiger partial charge in [0, 0.05) is 13.3 Å². The first-order valence-corrected chi connectivity index (χ1v) is 14.9. The van der Waals surface area contributed by atoms with Crippen LogP contribution in [0.15, 0.2) is 54.8 Å². The van der Waals surface area contributed by atoms with Crippen LogP contribution in [0, 0.1) is 11.8 Å². The number of ketones is 1. The van der Waals surface area contributed by atoms with Gasteiger partial charge in [0.15, 0.2) is 11.5 Å². The number of carbonyl (C=O) groups is 2. The minimum Gasteiger partial charge on any atom is -0.493 e. The highest BCUT2D eigenvalue weighted by Crippen LogP contribution is 2.38. The lowest BCUT2D eigenvalue weighted by molar-refractivity contribution is -0.116. The van der Waals surface area contributed by atoms with Crippen LogP contribution in [0.4, 0.5) is 4.79 Å². The maximum absolute atomic E-state index is 11.5. The lowest BCUT2D eigenvalue weighted by atomic mass is 9.77. The van der Waals surface area contributed by atoms with Crippen molar-refractivity contribution in [2.75, 3.05) is 26.4 Å². The summed E-state index contributed by atoms with van der Waals surface area (Å²) in [7, 11) is 0. The van der Waals surface area contributed by atoms with Crippen LogP contribution >= 0.6 is 0 Å². The largest absolute Gasteiger partial charge is 0.508 e. The van der Waals surface area contributed by atoms with Crippen molar-refractivity contribution in [2.45, 2.75) is 77.6 Å². The Morgan fingerprint density at radius 1 is 0.950 bits per heavy atom. The monoisotopic (exact) mass is 548 g/mol. The van der Waals surface area contributed by atoms with Gasteiger partial charge in [0.05, 0.1) is 19.1 Å². The predicted octanol–water partition coefficient (Wildman–Crippen LogP) is 8.03. The van der Waals surface area contributed by atoms with E-state index < -0.39 is 6.16 Å². The third kappa shape index (κ3) is 8.61. The first-order chi connectivity index (χ1) is 19.4. The first-order valence-electron chi connectivity index (χ1n) is 14.9. The highest BCUT2D eigenvalue weighted by molar-refractivity contribution is 5.90. The van der Waals surface area contributed by atoms with E-state index in [0.717, 1.165) is 28.4 Å². The Hall–Kier alpha value is -3.28. The Morgan fingerprint density at radius 3 is 2.33 bits per heavy atom. The van der Waals surface area contributed by atoms with E-state index >= 15 is 0 Å².